The molecule has 2 aromatic carbocycles. The summed E-state index contributed by atoms with van der Waals surface area (Å²) in [5.74, 6) is 0.406. The molecule has 98 valence electrons. The average molecular weight is 320 g/mol. The Labute approximate surface area is 121 Å². The van der Waals surface area contributed by atoms with E-state index in [4.69, 9.17) is 0 Å². The minimum absolute atomic E-state index is 0.199. The molecule has 0 radical (unpaired) electrons. The van der Waals surface area contributed by atoms with Crippen LogP contribution >= 0.6 is 15.9 Å². The van der Waals surface area contributed by atoms with Gasteiger partial charge in [0.15, 0.2) is 0 Å². The van der Waals surface area contributed by atoms with E-state index in [1.807, 2.05) is 12.1 Å². The van der Waals surface area contributed by atoms with E-state index < -0.39 is 0 Å². The Balaban J connectivity index is 1.59. The van der Waals surface area contributed by atoms with Crippen LogP contribution in [0.5, 0.6) is 0 Å². The number of halogens is 2. The molecule has 1 aliphatic carbocycles. The third-order valence-electron chi connectivity index (χ3n) is 3.60. The molecule has 3 rings (SSSR count). The van der Waals surface area contributed by atoms with Gasteiger partial charge in [0.1, 0.15) is 5.82 Å². The summed E-state index contributed by atoms with van der Waals surface area (Å²) >= 11 is 3.30. The first kappa shape index (κ1) is 12.8. The summed E-state index contributed by atoms with van der Waals surface area (Å²) in [5, 5.41) is 3.49. The highest BCUT2D eigenvalue weighted by Gasteiger charge is 2.37. The van der Waals surface area contributed by atoms with E-state index in [0.717, 1.165) is 12.0 Å². The Morgan fingerprint density at radius 2 is 1.89 bits per heavy atom. The molecule has 0 spiro atoms. The van der Waals surface area contributed by atoms with Crippen molar-refractivity contribution in [3.8, 4) is 0 Å². The number of hydrogen-bond acceptors (Lipinski definition) is 1. The normalized spacial score (nSPS) is 21.4. The molecule has 1 fully saturated rings. The molecule has 2 unspecified atom stereocenters. The van der Waals surface area contributed by atoms with Crippen molar-refractivity contribution in [2.75, 3.05) is 0 Å². The van der Waals surface area contributed by atoms with Gasteiger partial charge in [0.25, 0.3) is 0 Å². The molecule has 3 heteroatoms. The minimum atomic E-state index is -0.199. The maximum absolute atomic E-state index is 13.4. The van der Waals surface area contributed by atoms with Crippen LogP contribution in [0.4, 0.5) is 4.39 Å². The van der Waals surface area contributed by atoms with Crippen LogP contribution in [-0.4, -0.2) is 6.04 Å². The van der Waals surface area contributed by atoms with Gasteiger partial charge in [-0.05, 0) is 39.5 Å². The van der Waals surface area contributed by atoms with E-state index in [2.05, 4.69) is 45.5 Å². The zero-order valence-electron chi connectivity index (χ0n) is 10.4. The SMILES string of the molecule is Fc1cccc(CNC2CC2c2ccccc2)c1Br. The Bertz CT molecular complexity index is 570. The van der Waals surface area contributed by atoms with Gasteiger partial charge in [0, 0.05) is 18.5 Å². The maximum Gasteiger partial charge on any atom is 0.137 e. The molecular formula is C16H15BrFN. The fraction of sp³-hybridized carbons (Fsp3) is 0.250. The van der Waals surface area contributed by atoms with Gasteiger partial charge < -0.3 is 5.32 Å². The van der Waals surface area contributed by atoms with Crippen LogP contribution in [0, 0.1) is 5.82 Å². The van der Waals surface area contributed by atoms with Crippen molar-refractivity contribution >= 4 is 15.9 Å². The Morgan fingerprint density at radius 1 is 1.11 bits per heavy atom. The number of rotatable bonds is 4. The van der Waals surface area contributed by atoms with Crippen molar-refractivity contribution in [2.24, 2.45) is 0 Å². The van der Waals surface area contributed by atoms with E-state index in [1.165, 1.54) is 11.6 Å². The zero-order valence-corrected chi connectivity index (χ0v) is 12.0. The molecule has 1 N–H and O–H groups in total. The standard InChI is InChI=1S/C16H15BrFN/c17-16-12(7-4-8-14(16)18)10-19-15-9-13(15)11-5-2-1-3-6-11/h1-8,13,15,19H,9-10H2. The van der Waals surface area contributed by atoms with Gasteiger partial charge in [0.2, 0.25) is 0 Å². The van der Waals surface area contributed by atoms with Gasteiger partial charge in [-0.3, -0.25) is 0 Å². The van der Waals surface area contributed by atoms with Crippen LogP contribution < -0.4 is 5.32 Å². The van der Waals surface area contributed by atoms with Crippen molar-refractivity contribution < 1.29 is 4.39 Å². The van der Waals surface area contributed by atoms with Gasteiger partial charge in [-0.1, -0.05) is 42.5 Å². The molecule has 19 heavy (non-hydrogen) atoms. The summed E-state index contributed by atoms with van der Waals surface area (Å²) < 4.78 is 14.0. The lowest BCUT2D eigenvalue weighted by atomic mass is 10.1. The van der Waals surface area contributed by atoms with Crippen LogP contribution in [0.2, 0.25) is 0 Å². The lowest BCUT2D eigenvalue weighted by molar-refractivity contribution is 0.610. The Hall–Kier alpha value is -1.19. The smallest absolute Gasteiger partial charge is 0.137 e. The quantitative estimate of drug-likeness (QED) is 0.889. The third kappa shape index (κ3) is 2.88. The van der Waals surface area contributed by atoms with E-state index in [1.54, 1.807) is 6.07 Å². The predicted molar refractivity (Wildman–Crippen MR) is 78.5 cm³/mol. The molecule has 1 aliphatic rings. The summed E-state index contributed by atoms with van der Waals surface area (Å²) in [7, 11) is 0. The summed E-state index contributed by atoms with van der Waals surface area (Å²) in [6, 6.07) is 16.2. The largest absolute Gasteiger partial charge is 0.309 e. The van der Waals surface area contributed by atoms with E-state index in [0.29, 0.717) is 23.0 Å². The number of hydrogen-bond donors (Lipinski definition) is 1. The van der Waals surface area contributed by atoms with E-state index in [-0.39, 0.29) is 5.82 Å². The highest BCUT2D eigenvalue weighted by atomic mass is 79.9. The molecule has 1 nitrogen and oxygen atoms in total. The molecule has 0 saturated heterocycles. The van der Waals surface area contributed by atoms with Crippen molar-refractivity contribution in [1.29, 1.82) is 0 Å². The maximum atomic E-state index is 13.4. The van der Waals surface area contributed by atoms with Crippen LogP contribution in [0.25, 0.3) is 0 Å². The lowest BCUT2D eigenvalue weighted by Crippen LogP contribution is -2.17. The van der Waals surface area contributed by atoms with Crippen LogP contribution in [-0.2, 0) is 6.54 Å². The molecule has 2 aromatic rings. The van der Waals surface area contributed by atoms with Gasteiger partial charge in [-0.2, -0.15) is 0 Å². The van der Waals surface area contributed by atoms with Crippen LogP contribution in [0.15, 0.2) is 53.0 Å². The molecule has 0 aliphatic heterocycles. The fourth-order valence-electron chi connectivity index (χ4n) is 2.42. The van der Waals surface area contributed by atoms with Crippen molar-refractivity contribution in [2.45, 2.75) is 24.9 Å². The summed E-state index contributed by atoms with van der Waals surface area (Å²) in [6.45, 7) is 0.701. The molecule has 2 atom stereocenters. The Morgan fingerprint density at radius 3 is 2.68 bits per heavy atom. The molecule has 1 saturated carbocycles. The second-order valence-corrected chi connectivity index (χ2v) is 5.75. The molecule has 0 aromatic heterocycles. The number of benzene rings is 2. The highest BCUT2D eigenvalue weighted by Crippen LogP contribution is 2.40. The first-order valence-electron chi connectivity index (χ1n) is 6.47. The zero-order chi connectivity index (χ0) is 13.2. The van der Waals surface area contributed by atoms with Crippen molar-refractivity contribution in [3.05, 3.63) is 69.9 Å². The monoisotopic (exact) mass is 319 g/mol. The average Bonchev–Trinajstić information content (AvgIpc) is 3.21. The Kier molecular flexibility index (Phi) is 3.67. The second-order valence-electron chi connectivity index (χ2n) is 4.95. The summed E-state index contributed by atoms with van der Waals surface area (Å²) in [6.07, 6.45) is 1.16. The van der Waals surface area contributed by atoms with Gasteiger partial charge in [-0.15, -0.1) is 0 Å². The van der Waals surface area contributed by atoms with Crippen molar-refractivity contribution in [3.63, 3.8) is 0 Å². The number of nitrogens with one attached hydrogen (secondary N) is 1. The van der Waals surface area contributed by atoms with Crippen LogP contribution in [0.1, 0.15) is 23.5 Å². The summed E-state index contributed by atoms with van der Waals surface area (Å²) in [5.41, 5.74) is 2.36. The minimum Gasteiger partial charge on any atom is -0.309 e. The third-order valence-corrected chi connectivity index (χ3v) is 4.49. The second kappa shape index (κ2) is 5.43. The lowest BCUT2D eigenvalue weighted by Gasteiger charge is -2.07. The topological polar surface area (TPSA) is 12.0 Å². The molecule has 0 heterocycles. The highest BCUT2D eigenvalue weighted by molar-refractivity contribution is 9.10. The van der Waals surface area contributed by atoms with E-state index >= 15 is 0 Å². The predicted octanol–water partition coefficient (Wildman–Crippen LogP) is 4.23. The molecule has 0 bridgehead atoms. The van der Waals surface area contributed by atoms with Gasteiger partial charge in [-0.25, -0.2) is 4.39 Å². The first-order valence-corrected chi connectivity index (χ1v) is 7.26. The van der Waals surface area contributed by atoms with Crippen molar-refractivity contribution in [1.82, 2.24) is 5.32 Å². The first-order chi connectivity index (χ1) is 9.25. The van der Waals surface area contributed by atoms with Gasteiger partial charge >= 0.3 is 0 Å². The van der Waals surface area contributed by atoms with E-state index in [9.17, 15) is 4.39 Å². The molecular weight excluding hydrogens is 305 g/mol. The molecule has 0 amide bonds. The summed E-state index contributed by atoms with van der Waals surface area (Å²) in [4.78, 5) is 0. The fourth-order valence-corrected chi connectivity index (χ4v) is 2.82. The van der Waals surface area contributed by atoms with Gasteiger partial charge in [0.05, 0.1) is 4.47 Å². The van der Waals surface area contributed by atoms with Crippen LogP contribution in [0.3, 0.4) is 0 Å².